The molecule has 2 fully saturated rings. The monoisotopic (exact) mass is 399 g/mol. The molecule has 0 aliphatic carbocycles. The van der Waals surface area contributed by atoms with Crippen LogP contribution in [-0.2, 0) is 6.61 Å². The molecular weight excluding hydrogens is 378 g/mol. The fourth-order valence-electron chi connectivity index (χ4n) is 4.34. The lowest BCUT2D eigenvalue weighted by molar-refractivity contribution is 0.0282. The Bertz CT molecular complexity index is 1020. The van der Waals surface area contributed by atoms with Crippen LogP contribution in [0.5, 0.6) is 5.75 Å². The number of hydrogen-bond donors (Lipinski definition) is 1. The molecule has 1 amide bonds. The van der Waals surface area contributed by atoms with Crippen molar-refractivity contribution in [3.05, 3.63) is 41.1 Å². The zero-order chi connectivity index (χ0) is 19.3. The molecular formula is C20H21N3O4S. The summed E-state index contributed by atoms with van der Waals surface area (Å²) in [5, 5.41) is 10.9. The first kappa shape index (κ1) is 17.6. The molecule has 0 radical (unpaired) electrons. The first-order valence-electron chi connectivity index (χ1n) is 9.52. The Labute approximate surface area is 166 Å². The van der Waals surface area contributed by atoms with Crippen molar-refractivity contribution in [2.45, 2.75) is 57.4 Å². The van der Waals surface area contributed by atoms with Gasteiger partial charge in [-0.05, 0) is 44.7 Å². The minimum absolute atomic E-state index is 0.103. The highest BCUT2D eigenvalue weighted by molar-refractivity contribution is 7.18. The smallest absolute Gasteiger partial charge is 0.276 e. The molecule has 4 heterocycles. The number of aryl methyl sites for hydroxylation is 1. The molecule has 3 aromatic rings. The molecule has 2 bridgehead atoms. The van der Waals surface area contributed by atoms with E-state index in [9.17, 15) is 9.90 Å². The van der Waals surface area contributed by atoms with Crippen molar-refractivity contribution in [1.82, 2.24) is 14.9 Å². The fraction of sp³-hybridized carbons (Fsp3) is 0.450. The lowest BCUT2D eigenvalue weighted by Crippen LogP contribution is -2.48. The van der Waals surface area contributed by atoms with Gasteiger partial charge in [0.1, 0.15) is 12.0 Å². The van der Waals surface area contributed by atoms with E-state index in [1.807, 2.05) is 30.0 Å². The average molecular weight is 399 g/mol. The zero-order valence-electron chi connectivity index (χ0n) is 15.5. The molecule has 2 saturated heterocycles. The van der Waals surface area contributed by atoms with Crippen molar-refractivity contribution in [1.29, 1.82) is 0 Å². The van der Waals surface area contributed by atoms with Crippen LogP contribution >= 0.6 is 11.3 Å². The molecule has 2 aliphatic rings. The van der Waals surface area contributed by atoms with E-state index in [-0.39, 0.29) is 30.7 Å². The Balaban J connectivity index is 1.26. The molecule has 5 rings (SSSR count). The maximum absolute atomic E-state index is 12.9. The number of thiazole rings is 1. The van der Waals surface area contributed by atoms with Crippen molar-refractivity contribution < 1.29 is 19.1 Å². The van der Waals surface area contributed by atoms with E-state index in [0.717, 1.165) is 28.1 Å². The molecule has 28 heavy (non-hydrogen) atoms. The number of aliphatic hydroxyl groups excluding tert-OH is 1. The summed E-state index contributed by atoms with van der Waals surface area (Å²) in [5.41, 5.74) is 1.21. The maximum Gasteiger partial charge on any atom is 0.276 e. The van der Waals surface area contributed by atoms with Crippen LogP contribution in [0, 0.1) is 6.92 Å². The second-order valence-corrected chi connectivity index (χ2v) is 8.73. The van der Waals surface area contributed by atoms with E-state index < -0.39 is 0 Å². The highest BCUT2D eigenvalue weighted by atomic mass is 32.1. The molecule has 3 atom stereocenters. The number of ether oxygens (including phenoxy) is 1. The quantitative estimate of drug-likeness (QED) is 0.724. The largest absolute Gasteiger partial charge is 0.484 e. The van der Waals surface area contributed by atoms with E-state index in [4.69, 9.17) is 9.15 Å². The van der Waals surface area contributed by atoms with Gasteiger partial charge in [0.05, 0.1) is 21.3 Å². The summed E-state index contributed by atoms with van der Waals surface area (Å²) in [4.78, 5) is 23.5. The number of oxazole rings is 1. The number of aliphatic hydroxyl groups is 1. The molecule has 146 valence electrons. The van der Waals surface area contributed by atoms with Crippen molar-refractivity contribution in [2.24, 2.45) is 0 Å². The first-order valence-corrected chi connectivity index (χ1v) is 10.3. The number of benzene rings is 1. The second kappa shape index (κ2) is 6.86. The summed E-state index contributed by atoms with van der Waals surface area (Å²) in [6.07, 6.45) is 4.28. The van der Waals surface area contributed by atoms with Gasteiger partial charge in [-0.3, -0.25) is 4.79 Å². The predicted molar refractivity (Wildman–Crippen MR) is 103 cm³/mol. The van der Waals surface area contributed by atoms with Gasteiger partial charge in [-0.15, -0.1) is 11.3 Å². The maximum atomic E-state index is 12.9. The van der Waals surface area contributed by atoms with Crippen LogP contribution < -0.4 is 4.74 Å². The summed E-state index contributed by atoms with van der Waals surface area (Å²) >= 11 is 1.65. The van der Waals surface area contributed by atoms with Gasteiger partial charge in [-0.1, -0.05) is 0 Å². The summed E-state index contributed by atoms with van der Waals surface area (Å²) in [6.45, 7) is 2.12. The van der Waals surface area contributed by atoms with Crippen LogP contribution in [0.25, 0.3) is 10.2 Å². The van der Waals surface area contributed by atoms with Crippen LogP contribution in [0.1, 0.15) is 47.1 Å². The van der Waals surface area contributed by atoms with Crippen LogP contribution in [0.15, 0.2) is 28.9 Å². The average Bonchev–Trinajstić information content (AvgIpc) is 3.35. The molecule has 1 N–H and O–H groups in total. The minimum Gasteiger partial charge on any atom is -0.484 e. The first-order chi connectivity index (χ1) is 13.6. The predicted octanol–water partition coefficient (Wildman–Crippen LogP) is 3.30. The summed E-state index contributed by atoms with van der Waals surface area (Å²) in [7, 11) is 0. The van der Waals surface area contributed by atoms with Crippen molar-refractivity contribution in [2.75, 3.05) is 0 Å². The summed E-state index contributed by atoms with van der Waals surface area (Å²) in [6, 6.07) is 5.98. The third-order valence-electron chi connectivity index (χ3n) is 5.54. The molecule has 0 spiro atoms. The van der Waals surface area contributed by atoms with Crippen molar-refractivity contribution in [3.8, 4) is 5.75 Å². The number of carbonyl (C=O) groups excluding carboxylic acids is 1. The second-order valence-electron chi connectivity index (χ2n) is 7.50. The Morgan fingerprint density at radius 2 is 2.11 bits per heavy atom. The number of hydrogen-bond acceptors (Lipinski definition) is 7. The molecule has 2 aliphatic heterocycles. The topological polar surface area (TPSA) is 88.7 Å². The number of aromatic nitrogens is 2. The van der Waals surface area contributed by atoms with Crippen LogP contribution in [-0.4, -0.2) is 44.1 Å². The van der Waals surface area contributed by atoms with Gasteiger partial charge in [0.25, 0.3) is 5.91 Å². The Morgan fingerprint density at radius 3 is 2.89 bits per heavy atom. The SMILES string of the molecule is Cc1nc2cc(OCc3nc(C(=O)N4[C@@H]5CC[C@H]4CC(O)C5)co3)ccc2s1. The number of piperidine rings is 1. The number of nitrogens with zero attached hydrogens (tertiary/aromatic N) is 3. The Morgan fingerprint density at radius 1 is 1.32 bits per heavy atom. The number of fused-ring (bicyclic) bond motifs is 3. The fourth-order valence-corrected chi connectivity index (χ4v) is 5.15. The van der Waals surface area contributed by atoms with E-state index in [0.29, 0.717) is 30.2 Å². The Hall–Kier alpha value is -2.45. The van der Waals surface area contributed by atoms with Crippen molar-refractivity contribution >= 4 is 27.5 Å². The van der Waals surface area contributed by atoms with Gasteiger partial charge in [0.2, 0.25) is 5.89 Å². The van der Waals surface area contributed by atoms with Gasteiger partial charge < -0.3 is 19.2 Å². The molecule has 0 saturated carbocycles. The third kappa shape index (κ3) is 3.16. The van der Waals surface area contributed by atoms with E-state index >= 15 is 0 Å². The number of carbonyl (C=O) groups is 1. The lowest BCUT2D eigenvalue weighted by Gasteiger charge is -2.36. The number of rotatable bonds is 4. The zero-order valence-corrected chi connectivity index (χ0v) is 16.3. The Kier molecular flexibility index (Phi) is 4.32. The van der Waals surface area contributed by atoms with Gasteiger partial charge in [-0.25, -0.2) is 9.97 Å². The van der Waals surface area contributed by atoms with E-state index in [1.54, 1.807) is 11.3 Å². The van der Waals surface area contributed by atoms with Gasteiger partial charge >= 0.3 is 0 Å². The molecule has 1 unspecified atom stereocenters. The van der Waals surface area contributed by atoms with E-state index in [2.05, 4.69) is 9.97 Å². The molecule has 2 aromatic heterocycles. The molecule has 1 aromatic carbocycles. The third-order valence-corrected chi connectivity index (χ3v) is 6.49. The minimum atomic E-state index is -0.304. The van der Waals surface area contributed by atoms with Crippen LogP contribution in [0.4, 0.5) is 0 Å². The van der Waals surface area contributed by atoms with Crippen molar-refractivity contribution in [3.63, 3.8) is 0 Å². The summed E-state index contributed by atoms with van der Waals surface area (Å²) < 4.78 is 12.3. The molecule has 7 nitrogen and oxygen atoms in total. The standard InChI is InChI=1S/C20H21N3O4S/c1-11-21-16-8-15(4-5-18(16)28-11)26-10-19-22-17(9-27-19)20(25)23-12-2-3-13(23)7-14(24)6-12/h4-5,8-9,12-14,24H,2-3,6-7,10H2,1H3/t12-,13+,14?. The lowest BCUT2D eigenvalue weighted by atomic mass is 9.99. The highest BCUT2D eigenvalue weighted by Gasteiger charge is 2.43. The highest BCUT2D eigenvalue weighted by Crippen LogP contribution is 2.36. The molecule has 8 heteroatoms. The number of amides is 1. The van der Waals surface area contributed by atoms with E-state index in [1.165, 1.54) is 6.26 Å². The van der Waals surface area contributed by atoms with Gasteiger partial charge in [0.15, 0.2) is 12.3 Å². The van der Waals surface area contributed by atoms with Crippen LogP contribution in [0.2, 0.25) is 0 Å². The van der Waals surface area contributed by atoms with Crippen LogP contribution in [0.3, 0.4) is 0 Å². The van der Waals surface area contributed by atoms with Gasteiger partial charge in [0, 0.05) is 18.2 Å². The normalized spacial score (nSPS) is 24.1. The van der Waals surface area contributed by atoms with Gasteiger partial charge in [-0.2, -0.15) is 0 Å². The summed E-state index contributed by atoms with van der Waals surface area (Å²) in [5.74, 6) is 0.933.